The summed E-state index contributed by atoms with van der Waals surface area (Å²) in [6.07, 6.45) is 9.91. The van der Waals surface area contributed by atoms with Crippen LogP contribution < -0.4 is 0 Å². The summed E-state index contributed by atoms with van der Waals surface area (Å²) in [6, 6.07) is 0. The molecule has 0 N–H and O–H groups in total. The first-order valence-electron chi connectivity index (χ1n) is 4.54. The Morgan fingerprint density at radius 2 is 2.50 bits per heavy atom. The fraction of sp³-hybridized carbons (Fsp3) is 0.364. The number of nitrogens with zero attached hydrogens (tertiary/aromatic N) is 1. The van der Waals surface area contributed by atoms with Crippen LogP contribution in [-0.2, 0) is 4.74 Å². The summed E-state index contributed by atoms with van der Waals surface area (Å²) in [5.41, 5.74) is 0. The standard InChI is InChI=1S/C11H15NO2/c1-3-10(6-4-5-8-13-2)11-12-7-9-14-11/h3-5,7,9-10H,1,6,8H2,2H3/b5-4+. The Morgan fingerprint density at radius 1 is 1.64 bits per heavy atom. The van der Waals surface area contributed by atoms with E-state index < -0.39 is 0 Å². The van der Waals surface area contributed by atoms with Crippen LogP contribution in [0.25, 0.3) is 0 Å². The van der Waals surface area contributed by atoms with Gasteiger partial charge in [0.2, 0.25) is 5.89 Å². The Labute approximate surface area is 84.1 Å². The second-order valence-corrected chi connectivity index (χ2v) is 2.87. The predicted molar refractivity (Wildman–Crippen MR) is 55.1 cm³/mol. The molecule has 3 heteroatoms. The molecule has 0 aliphatic rings. The average Bonchev–Trinajstić information content (AvgIpc) is 2.71. The molecule has 1 heterocycles. The minimum atomic E-state index is 0.151. The van der Waals surface area contributed by atoms with E-state index in [0.717, 1.165) is 6.42 Å². The Balaban J connectivity index is 2.44. The van der Waals surface area contributed by atoms with Crippen LogP contribution in [0.1, 0.15) is 18.2 Å². The van der Waals surface area contributed by atoms with Gasteiger partial charge in [0, 0.05) is 7.11 Å². The molecule has 76 valence electrons. The molecule has 1 rings (SSSR count). The van der Waals surface area contributed by atoms with Crippen LogP contribution in [0.5, 0.6) is 0 Å². The van der Waals surface area contributed by atoms with Gasteiger partial charge in [-0.25, -0.2) is 4.98 Å². The smallest absolute Gasteiger partial charge is 0.201 e. The van der Waals surface area contributed by atoms with Crippen LogP contribution >= 0.6 is 0 Å². The first-order valence-corrected chi connectivity index (χ1v) is 4.54. The van der Waals surface area contributed by atoms with Gasteiger partial charge in [0.15, 0.2) is 0 Å². The largest absolute Gasteiger partial charge is 0.448 e. The highest BCUT2D eigenvalue weighted by Gasteiger charge is 2.09. The minimum absolute atomic E-state index is 0.151. The molecule has 0 amide bonds. The van der Waals surface area contributed by atoms with Crippen LogP contribution in [0.3, 0.4) is 0 Å². The molecule has 1 atom stereocenters. The van der Waals surface area contributed by atoms with Crippen molar-refractivity contribution in [1.29, 1.82) is 0 Å². The van der Waals surface area contributed by atoms with Crippen molar-refractivity contribution in [2.24, 2.45) is 0 Å². The van der Waals surface area contributed by atoms with Crippen molar-refractivity contribution >= 4 is 0 Å². The summed E-state index contributed by atoms with van der Waals surface area (Å²) in [5.74, 6) is 0.861. The highest BCUT2D eigenvalue weighted by molar-refractivity contribution is 5.05. The maximum absolute atomic E-state index is 5.20. The summed E-state index contributed by atoms with van der Waals surface area (Å²) in [5, 5.41) is 0. The third kappa shape index (κ3) is 3.18. The number of hydrogen-bond acceptors (Lipinski definition) is 3. The van der Waals surface area contributed by atoms with E-state index in [1.54, 1.807) is 19.6 Å². The molecule has 0 aliphatic carbocycles. The van der Waals surface area contributed by atoms with Crippen molar-refractivity contribution < 1.29 is 9.15 Å². The summed E-state index contributed by atoms with van der Waals surface area (Å²) < 4.78 is 10.1. The molecule has 0 saturated carbocycles. The van der Waals surface area contributed by atoms with Gasteiger partial charge in [-0.3, -0.25) is 0 Å². The molecule has 0 saturated heterocycles. The molecule has 0 aliphatic heterocycles. The summed E-state index contributed by atoms with van der Waals surface area (Å²) in [7, 11) is 1.67. The lowest BCUT2D eigenvalue weighted by atomic mass is 10.1. The molecule has 1 aromatic rings. The van der Waals surface area contributed by atoms with E-state index >= 15 is 0 Å². The predicted octanol–water partition coefficient (Wildman–Crippen LogP) is 2.54. The van der Waals surface area contributed by atoms with Crippen LogP contribution in [-0.4, -0.2) is 18.7 Å². The van der Waals surface area contributed by atoms with E-state index in [-0.39, 0.29) is 5.92 Å². The number of oxazole rings is 1. The fourth-order valence-electron chi connectivity index (χ4n) is 1.12. The second kappa shape index (κ2) is 6.16. The van der Waals surface area contributed by atoms with Crippen molar-refractivity contribution in [2.45, 2.75) is 12.3 Å². The zero-order chi connectivity index (χ0) is 10.2. The van der Waals surface area contributed by atoms with Crippen LogP contribution in [0.2, 0.25) is 0 Å². The highest BCUT2D eigenvalue weighted by Crippen LogP contribution is 2.18. The Hall–Kier alpha value is -1.35. The normalized spacial score (nSPS) is 13.2. The summed E-state index contributed by atoms with van der Waals surface area (Å²) >= 11 is 0. The maximum Gasteiger partial charge on any atom is 0.201 e. The van der Waals surface area contributed by atoms with Gasteiger partial charge in [0.25, 0.3) is 0 Å². The Kier molecular flexibility index (Phi) is 4.72. The van der Waals surface area contributed by atoms with Crippen molar-refractivity contribution in [3.05, 3.63) is 43.2 Å². The number of ether oxygens (including phenoxy) is 1. The fourth-order valence-corrected chi connectivity index (χ4v) is 1.12. The molecule has 3 nitrogen and oxygen atoms in total. The minimum Gasteiger partial charge on any atom is -0.448 e. The number of allylic oxidation sites excluding steroid dienone is 2. The molecule has 1 aromatic heterocycles. The van der Waals surface area contributed by atoms with Crippen molar-refractivity contribution in [3.63, 3.8) is 0 Å². The molecule has 0 spiro atoms. The molecule has 0 aromatic carbocycles. The highest BCUT2D eigenvalue weighted by atomic mass is 16.5. The zero-order valence-corrected chi connectivity index (χ0v) is 8.35. The molecule has 0 bridgehead atoms. The van der Waals surface area contributed by atoms with Gasteiger partial charge in [-0.05, 0) is 6.42 Å². The van der Waals surface area contributed by atoms with Gasteiger partial charge < -0.3 is 9.15 Å². The van der Waals surface area contributed by atoms with E-state index in [0.29, 0.717) is 12.5 Å². The molecule has 14 heavy (non-hydrogen) atoms. The van der Waals surface area contributed by atoms with Crippen molar-refractivity contribution in [3.8, 4) is 0 Å². The third-order valence-corrected chi connectivity index (χ3v) is 1.87. The van der Waals surface area contributed by atoms with E-state index in [2.05, 4.69) is 11.6 Å². The zero-order valence-electron chi connectivity index (χ0n) is 8.35. The lowest BCUT2D eigenvalue weighted by molar-refractivity contribution is 0.233. The molecule has 0 fully saturated rings. The summed E-state index contributed by atoms with van der Waals surface area (Å²) in [4.78, 5) is 4.08. The maximum atomic E-state index is 5.20. The Bertz CT molecular complexity index is 277. The quantitative estimate of drug-likeness (QED) is 0.651. The van der Waals surface area contributed by atoms with Gasteiger partial charge in [0.1, 0.15) is 6.26 Å². The number of rotatable bonds is 6. The molecule has 0 radical (unpaired) electrons. The second-order valence-electron chi connectivity index (χ2n) is 2.87. The number of hydrogen-bond donors (Lipinski definition) is 0. The van der Waals surface area contributed by atoms with Crippen LogP contribution in [0.15, 0.2) is 41.7 Å². The van der Waals surface area contributed by atoms with Gasteiger partial charge >= 0.3 is 0 Å². The van der Waals surface area contributed by atoms with E-state index in [4.69, 9.17) is 9.15 Å². The number of aromatic nitrogens is 1. The SMILES string of the molecule is C=CC(C/C=C/COC)c1ncco1. The molecular weight excluding hydrogens is 178 g/mol. The van der Waals surface area contributed by atoms with Gasteiger partial charge in [-0.2, -0.15) is 0 Å². The average molecular weight is 193 g/mol. The van der Waals surface area contributed by atoms with E-state index in [1.165, 1.54) is 0 Å². The lowest BCUT2D eigenvalue weighted by Gasteiger charge is -2.03. The van der Waals surface area contributed by atoms with Gasteiger partial charge in [-0.1, -0.05) is 18.2 Å². The lowest BCUT2D eigenvalue weighted by Crippen LogP contribution is -1.93. The van der Waals surface area contributed by atoms with E-state index in [9.17, 15) is 0 Å². The monoisotopic (exact) mass is 193 g/mol. The molecular formula is C11H15NO2. The van der Waals surface area contributed by atoms with Gasteiger partial charge in [0.05, 0.1) is 18.7 Å². The van der Waals surface area contributed by atoms with Crippen molar-refractivity contribution in [1.82, 2.24) is 4.98 Å². The molecule has 1 unspecified atom stereocenters. The van der Waals surface area contributed by atoms with Crippen LogP contribution in [0, 0.1) is 0 Å². The topological polar surface area (TPSA) is 35.3 Å². The van der Waals surface area contributed by atoms with Crippen molar-refractivity contribution in [2.75, 3.05) is 13.7 Å². The third-order valence-electron chi connectivity index (χ3n) is 1.87. The van der Waals surface area contributed by atoms with Crippen LogP contribution in [0.4, 0.5) is 0 Å². The Morgan fingerprint density at radius 3 is 3.07 bits per heavy atom. The summed E-state index contributed by atoms with van der Waals surface area (Å²) in [6.45, 7) is 4.39. The van der Waals surface area contributed by atoms with E-state index in [1.807, 2.05) is 18.2 Å². The first-order chi connectivity index (χ1) is 6.88. The number of methoxy groups -OCH3 is 1. The first kappa shape index (κ1) is 10.7. The van der Waals surface area contributed by atoms with Gasteiger partial charge in [-0.15, -0.1) is 6.58 Å².